The second-order valence-corrected chi connectivity index (χ2v) is 9.61. The monoisotopic (exact) mass is 432 g/mol. The molecule has 2 rings (SSSR count). The van der Waals surface area contributed by atoms with E-state index in [1.165, 1.54) is 10.6 Å². The Hall–Kier alpha value is -2.54. The van der Waals surface area contributed by atoms with E-state index >= 15 is 0 Å². The molecule has 0 aliphatic carbocycles. The molecule has 0 radical (unpaired) electrons. The fraction of sp³-hybridized carbons (Fsp3) is 0.435. The number of hydrogen-bond donors (Lipinski definition) is 1. The SMILES string of the molecule is Cc1ccccc1OCC(C)NC(=O)CCCN(c1cccc(C)c1C)S(C)(=O)=O. The van der Waals surface area contributed by atoms with Gasteiger partial charge in [0, 0.05) is 13.0 Å². The minimum atomic E-state index is -3.44. The van der Waals surface area contributed by atoms with Gasteiger partial charge in [0.1, 0.15) is 12.4 Å². The number of nitrogens with zero attached hydrogens (tertiary/aromatic N) is 1. The summed E-state index contributed by atoms with van der Waals surface area (Å²) in [5.41, 5.74) is 3.66. The smallest absolute Gasteiger partial charge is 0.232 e. The van der Waals surface area contributed by atoms with Crippen molar-refractivity contribution in [1.29, 1.82) is 0 Å². The van der Waals surface area contributed by atoms with E-state index in [9.17, 15) is 13.2 Å². The van der Waals surface area contributed by atoms with Gasteiger partial charge in [-0.25, -0.2) is 8.42 Å². The van der Waals surface area contributed by atoms with Crippen LogP contribution in [0.2, 0.25) is 0 Å². The lowest BCUT2D eigenvalue weighted by molar-refractivity contribution is -0.121. The second kappa shape index (κ2) is 10.5. The van der Waals surface area contributed by atoms with Crippen molar-refractivity contribution >= 4 is 21.6 Å². The molecular weight excluding hydrogens is 400 g/mol. The van der Waals surface area contributed by atoms with E-state index in [1.807, 2.05) is 64.1 Å². The van der Waals surface area contributed by atoms with Crippen LogP contribution in [0.1, 0.15) is 36.5 Å². The Morgan fingerprint density at radius 3 is 2.40 bits per heavy atom. The third-order valence-corrected chi connectivity index (χ3v) is 6.18. The van der Waals surface area contributed by atoms with Crippen molar-refractivity contribution in [2.45, 2.75) is 46.6 Å². The summed E-state index contributed by atoms with van der Waals surface area (Å²) in [6.07, 6.45) is 1.86. The van der Waals surface area contributed by atoms with Crippen LogP contribution in [0.5, 0.6) is 5.75 Å². The zero-order valence-corrected chi connectivity index (χ0v) is 19.3. The highest BCUT2D eigenvalue weighted by atomic mass is 32.2. The quantitative estimate of drug-likeness (QED) is 0.621. The molecule has 0 fully saturated rings. The molecule has 0 saturated carbocycles. The van der Waals surface area contributed by atoms with Gasteiger partial charge < -0.3 is 10.1 Å². The van der Waals surface area contributed by atoms with E-state index in [4.69, 9.17) is 4.74 Å². The lowest BCUT2D eigenvalue weighted by atomic mass is 10.1. The maximum absolute atomic E-state index is 12.3. The summed E-state index contributed by atoms with van der Waals surface area (Å²) in [5.74, 6) is 0.682. The van der Waals surface area contributed by atoms with Crippen LogP contribution in [0, 0.1) is 20.8 Å². The predicted molar refractivity (Wildman–Crippen MR) is 122 cm³/mol. The zero-order valence-electron chi connectivity index (χ0n) is 18.4. The van der Waals surface area contributed by atoms with Crippen molar-refractivity contribution in [3.05, 3.63) is 59.2 Å². The first kappa shape index (κ1) is 23.7. The van der Waals surface area contributed by atoms with Crippen molar-refractivity contribution in [3.8, 4) is 5.75 Å². The van der Waals surface area contributed by atoms with Gasteiger partial charge in [0.25, 0.3) is 0 Å². The van der Waals surface area contributed by atoms with Crippen LogP contribution < -0.4 is 14.4 Å². The predicted octanol–water partition coefficient (Wildman–Crippen LogP) is 3.74. The topological polar surface area (TPSA) is 75.7 Å². The number of para-hydroxylation sites is 1. The Labute approximate surface area is 180 Å². The number of carbonyl (C=O) groups is 1. The van der Waals surface area contributed by atoms with Gasteiger partial charge >= 0.3 is 0 Å². The molecule has 0 bridgehead atoms. The first-order valence-corrected chi connectivity index (χ1v) is 12.0. The number of nitrogens with one attached hydrogen (secondary N) is 1. The molecule has 0 spiro atoms. The Balaban J connectivity index is 1.87. The maximum Gasteiger partial charge on any atom is 0.232 e. The van der Waals surface area contributed by atoms with Crippen LogP contribution in [0.15, 0.2) is 42.5 Å². The van der Waals surface area contributed by atoms with Gasteiger partial charge in [-0.3, -0.25) is 9.10 Å². The van der Waals surface area contributed by atoms with E-state index in [2.05, 4.69) is 5.32 Å². The standard InChI is InChI=1S/C23H32N2O4S/c1-17-11-8-12-21(20(17)4)25(30(5,27)28)15-9-14-23(26)24-19(3)16-29-22-13-7-6-10-18(22)2/h6-8,10-13,19H,9,14-16H2,1-5H3,(H,24,26). The van der Waals surface area contributed by atoms with Gasteiger partial charge in [0.05, 0.1) is 18.0 Å². The highest BCUT2D eigenvalue weighted by molar-refractivity contribution is 7.92. The Morgan fingerprint density at radius 1 is 1.07 bits per heavy atom. The largest absolute Gasteiger partial charge is 0.491 e. The molecule has 2 aromatic carbocycles. The number of amides is 1. The fourth-order valence-corrected chi connectivity index (χ4v) is 4.19. The van der Waals surface area contributed by atoms with Crippen molar-refractivity contribution < 1.29 is 17.9 Å². The van der Waals surface area contributed by atoms with Crippen LogP contribution >= 0.6 is 0 Å². The van der Waals surface area contributed by atoms with Gasteiger partial charge in [-0.1, -0.05) is 30.3 Å². The highest BCUT2D eigenvalue weighted by Crippen LogP contribution is 2.25. The van der Waals surface area contributed by atoms with E-state index in [0.717, 1.165) is 22.4 Å². The lowest BCUT2D eigenvalue weighted by Crippen LogP contribution is -2.37. The Bertz CT molecular complexity index is 973. The molecular formula is C23H32N2O4S. The summed E-state index contributed by atoms with van der Waals surface area (Å²) in [5, 5.41) is 2.91. The van der Waals surface area contributed by atoms with Crippen LogP contribution in [0.4, 0.5) is 5.69 Å². The summed E-state index contributed by atoms with van der Waals surface area (Å²) in [6.45, 7) is 8.34. The van der Waals surface area contributed by atoms with Gasteiger partial charge in [-0.15, -0.1) is 0 Å². The molecule has 1 atom stereocenters. The first-order valence-electron chi connectivity index (χ1n) is 10.1. The molecule has 1 N–H and O–H groups in total. The zero-order chi connectivity index (χ0) is 22.3. The Morgan fingerprint density at radius 2 is 1.73 bits per heavy atom. The molecule has 0 heterocycles. The van der Waals surface area contributed by atoms with Crippen LogP contribution in [0.25, 0.3) is 0 Å². The summed E-state index contributed by atoms with van der Waals surface area (Å²) in [7, 11) is -3.44. The number of rotatable bonds is 10. The molecule has 164 valence electrons. The second-order valence-electron chi connectivity index (χ2n) is 7.70. The lowest BCUT2D eigenvalue weighted by Gasteiger charge is -2.25. The molecule has 1 unspecified atom stereocenters. The van der Waals surface area contributed by atoms with Gasteiger partial charge in [-0.05, 0) is 62.9 Å². The van der Waals surface area contributed by atoms with Crippen molar-refractivity contribution in [3.63, 3.8) is 0 Å². The first-order chi connectivity index (χ1) is 14.1. The normalized spacial score (nSPS) is 12.3. The summed E-state index contributed by atoms with van der Waals surface area (Å²) in [6, 6.07) is 13.2. The minimum Gasteiger partial charge on any atom is -0.491 e. The molecule has 0 aliphatic rings. The number of aryl methyl sites for hydroxylation is 2. The summed E-state index contributed by atoms with van der Waals surface area (Å²) < 4.78 is 31.8. The average molecular weight is 433 g/mol. The number of sulfonamides is 1. The number of carbonyl (C=O) groups excluding carboxylic acids is 1. The molecule has 0 aliphatic heterocycles. The highest BCUT2D eigenvalue weighted by Gasteiger charge is 2.20. The molecule has 30 heavy (non-hydrogen) atoms. The maximum atomic E-state index is 12.3. The van der Waals surface area contributed by atoms with Crippen LogP contribution in [-0.4, -0.2) is 39.8 Å². The molecule has 0 saturated heterocycles. The van der Waals surface area contributed by atoms with Gasteiger partial charge in [0.15, 0.2) is 0 Å². The Kier molecular flexibility index (Phi) is 8.29. The molecule has 0 aromatic heterocycles. The van der Waals surface area contributed by atoms with Crippen LogP contribution in [0.3, 0.4) is 0 Å². The van der Waals surface area contributed by atoms with Gasteiger partial charge in [-0.2, -0.15) is 0 Å². The van der Waals surface area contributed by atoms with E-state index in [1.54, 1.807) is 6.07 Å². The molecule has 2 aromatic rings. The van der Waals surface area contributed by atoms with Crippen molar-refractivity contribution in [2.75, 3.05) is 23.7 Å². The molecule has 7 heteroatoms. The number of ether oxygens (including phenoxy) is 1. The van der Waals surface area contributed by atoms with E-state index in [-0.39, 0.29) is 24.9 Å². The molecule has 1 amide bonds. The number of anilines is 1. The third-order valence-electron chi connectivity index (χ3n) is 5.00. The minimum absolute atomic E-state index is 0.120. The van der Waals surface area contributed by atoms with E-state index in [0.29, 0.717) is 18.7 Å². The molecule has 6 nitrogen and oxygen atoms in total. The van der Waals surface area contributed by atoms with Crippen LogP contribution in [-0.2, 0) is 14.8 Å². The average Bonchev–Trinajstić information content (AvgIpc) is 2.66. The third kappa shape index (κ3) is 6.76. The van der Waals surface area contributed by atoms with Crippen molar-refractivity contribution in [1.82, 2.24) is 5.32 Å². The van der Waals surface area contributed by atoms with Crippen molar-refractivity contribution in [2.24, 2.45) is 0 Å². The van der Waals surface area contributed by atoms with E-state index < -0.39 is 10.0 Å². The number of benzene rings is 2. The summed E-state index contributed by atoms with van der Waals surface area (Å²) >= 11 is 0. The number of hydrogen-bond acceptors (Lipinski definition) is 4. The fourth-order valence-electron chi connectivity index (χ4n) is 3.18. The van der Waals surface area contributed by atoms with Gasteiger partial charge in [0.2, 0.25) is 15.9 Å². The summed E-state index contributed by atoms with van der Waals surface area (Å²) in [4.78, 5) is 12.3.